The van der Waals surface area contributed by atoms with E-state index in [1.54, 1.807) is 0 Å². The van der Waals surface area contributed by atoms with Crippen LogP contribution in [-0.4, -0.2) is 19.0 Å². The highest BCUT2D eigenvalue weighted by molar-refractivity contribution is 6.42. The average Bonchev–Trinajstić information content (AvgIpc) is 3.11. The molecule has 1 aliphatic heterocycles. The van der Waals surface area contributed by atoms with Crippen LogP contribution in [0.25, 0.3) is 0 Å². The second kappa shape index (κ2) is 7.87. The van der Waals surface area contributed by atoms with Gasteiger partial charge in [-0.2, -0.15) is 0 Å². The number of nitrogens with one attached hydrogen (secondary N) is 2. The first-order chi connectivity index (χ1) is 10.1. The lowest BCUT2D eigenvalue weighted by Crippen LogP contribution is -2.27. The third-order valence-electron chi connectivity index (χ3n) is 4.57. The molecule has 22 heavy (non-hydrogen) atoms. The Hall–Kier alpha value is -0.480. The lowest BCUT2D eigenvalue weighted by molar-refractivity contribution is -0.122. The van der Waals surface area contributed by atoms with Gasteiger partial charge in [-0.1, -0.05) is 29.3 Å². The quantitative estimate of drug-likeness (QED) is 0.851. The number of halogens is 3. The van der Waals surface area contributed by atoms with Gasteiger partial charge in [0.1, 0.15) is 0 Å². The van der Waals surface area contributed by atoms with E-state index in [4.69, 9.17) is 23.2 Å². The van der Waals surface area contributed by atoms with Crippen LogP contribution in [0, 0.1) is 5.92 Å². The molecule has 1 fully saturated rings. The number of carbonyl (C=O) groups is 1. The fraction of sp³-hybridized carbons (Fsp3) is 0.562. The summed E-state index contributed by atoms with van der Waals surface area (Å²) in [6, 6.07) is 3.89. The minimum absolute atomic E-state index is 0. The van der Waals surface area contributed by atoms with E-state index >= 15 is 0 Å². The SMILES string of the molecule is Cl.O=C(CCC1CCNC1)NC1CCc2c1ccc(Cl)c2Cl. The smallest absolute Gasteiger partial charge is 0.220 e. The number of benzene rings is 1. The van der Waals surface area contributed by atoms with E-state index < -0.39 is 0 Å². The average molecular weight is 364 g/mol. The summed E-state index contributed by atoms with van der Waals surface area (Å²) in [5.41, 5.74) is 2.22. The molecule has 0 radical (unpaired) electrons. The molecule has 0 saturated carbocycles. The first-order valence-electron chi connectivity index (χ1n) is 7.62. The molecule has 1 amide bonds. The predicted molar refractivity (Wildman–Crippen MR) is 93.1 cm³/mol. The number of carbonyl (C=O) groups excluding carboxylic acids is 1. The van der Waals surface area contributed by atoms with Crippen LogP contribution in [0.2, 0.25) is 10.0 Å². The molecule has 0 spiro atoms. The summed E-state index contributed by atoms with van der Waals surface area (Å²) < 4.78 is 0. The van der Waals surface area contributed by atoms with Gasteiger partial charge in [0.25, 0.3) is 0 Å². The zero-order chi connectivity index (χ0) is 14.8. The van der Waals surface area contributed by atoms with Crippen LogP contribution in [-0.2, 0) is 11.2 Å². The molecule has 1 heterocycles. The van der Waals surface area contributed by atoms with Crippen molar-refractivity contribution in [3.63, 3.8) is 0 Å². The number of hydrogen-bond acceptors (Lipinski definition) is 2. The zero-order valence-electron chi connectivity index (χ0n) is 12.3. The van der Waals surface area contributed by atoms with Crippen molar-refractivity contribution in [2.75, 3.05) is 13.1 Å². The molecule has 3 nitrogen and oxygen atoms in total. The second-order valence-electron chi connectivity index (χ2n) is 5.99. The van der Waals surface area contributed by atoms with Gasteiger partial charge in [0, 0.05) is 6.42 Å². The number of hydrogen-bond donors (Lipinski definition) is 2. The van der Waals surface area contributed by atoms with Gasteiger partial charge in [-0.15, -0.1) is 12.4 Å². The summed E-state index contributed by atoms with van der Waals surface area (Å²) in [4.78, 5) is 12.1. The van der Waals surface area contributed by atoms with E-state index in [9.17, 15) is 4.79 Å². The van der Waals surface area contributed by atoms with Crippen molar-refractivity contribution >= 4 is 41.5 Å². The van der Waals surface area contributed by atoms with Crippen LogP contribution in [0.1, 0.15) is 42.9 Å². The zero-order valence-corrected chi connectivity index (χ0v) is 14.7. The maximum Gasteiger partial charge on any atom is 0.220 e. The van der Waals surface area contributed by atoms with Crippen molar-refractivity contribution < 1.29 is 4.79 Å². The Morgan fingerprint density at radius 3 is 2.86 bits per heavy atom. The Labute approximate surface area is 147 Å². The molecule has 2 N–H and O–H groups in total. The Morgan fingerprint density at radius 1 is 1.32 bits per heavy atom. The summed E-state index contributed by atoms with van der Waals surface area (Å²) >= 11 is 12.3. The summed E-state index contributed by atoms with van der Waals surface area (Å²) in [7, 11) is 0. The van der Waals surface area contributed by atoms with Gasteiger partial charge in [-0.3, -0.25) is 4.79 Å². The molecule has 1 aromatic carbocycles. The van der Waals surface area contributed by atoms with Crippen LogP contribution >= 0.6 is 35.6 Å². The van der Waals surface area contributed by atoms with Crippen LogP contribution in [0.4, 0.5) is 0 Å². The maximum atomic E-state index is 12.1. The molecule has 3 rings (SSSR count). The van der Waals surface area contributed by atoms with Crippen molar-refractivity contribution in [2.24, 2.45) is 5.92 Å². The molecular weight excluding hydrogens is 343 g/mol. The van der Waals surface area contributed by atoms with E-state index in [1.165, 1.54) is 6.42 Å². The minimum atomic E-state index is 0. The highest BCUT2D eigenvalue weighted by Crippen LogP contribution is 2.39. The third kappa shape index (κ3) is 3.88. The molecule has 2 aliphatic rings. The number of fused-ring (bicyclic) bond motifs is 1. The van der Waals surface area contributed by atoms with E-state index in [2.05, 4.69) is 10.6 Å². The van der Waals surface area contributed by atoms with Gasteiger partial charge >= 0.3 is 0 Å². The lowest BCUT2D eigenvalue weighted by Gasteiger charge is -2.15. The van der Waals surface area contributed by atoms with Crippen molar-refractivity contribution in [3.05, 3.63) is 33.3 Å². The van der Waals surface area contributed by atoms with E-state index in [0.717, 1.165) is 43.5 Å². The molecule has 1 aromatic rings. The Balaban J connectivity index is 0.00000176. The first-order valence-corrected chi connectivity index (χ1v) is 8.37. The van der Waals surface area contributed by atoms with Crippen molar-refractivity contribution in [2.45, 2.75) is 38.1 Å². The summed E-state index contributed by atoms with van der Waals surface area (Å²) in [6.45, 7) is 2.13. The maximum absolute atomic E-state index is 12.1. The fourth-order valence-corrected chi connectivity index (χ4v) is 3.79. The van der Waals surface area contributed by atoms with Gasteiger partial charge in [0.15, 0.2) is 0 Å². The van der Waals surface area contributed by atoms with Gasteiger partial charge in [-0.05, 0) is 61.9 Å². The molecule has 0 bridgehead atoms. The molecule has 2 atom stereocenters. The second-order valence-corrected chi connectivity index (χ2v) is 6.77. The minimum Gasteiger partial charge on any atom is -0.349 e. The molecule has 1 saturated heterocycles. The number of amides is 1. The molecule has 122 valence electrons. The summed E-state index contributed by atoms with van der Waals surface area (Å²) in [5, 5.41) is 7.71. The van der Waals surface area contributed by atoms with Crippen LogP contribution in [0.3, 0.4) is 0 Å². The highest BCUT2D eigenvalue weighted by Gasteiger charge is 2.27. The first kappa shape index (κ1) is 17.9. The van der Waals surface area contributed by atoms with E-state index in [-0.39, 0.29) is 24.4 Å². The Bertz CT molecular complexity index is 544. The van der Waals surface area contributed by atoms with Crippen molar-refractivity contribution in [1.82, 2.24) is 10.6 Å². The summed E-state index contributed by atoms with van der Waals surface area (Å²) in [5.74, 6) is 0.797. The standard InChI is InChI=1S/C16H20Cl2N2O.ClH/c17-13-4-2-11-12(16(13)18)3-5-14(11)20-15(21)6-1-10-7-8-19-9-10;/h2,4,10,14,19H,1,3,5-9H2,(H,20,21);1H. The van der Waals surface area contributed by atoms with Gasteiger partial charge in [-0.25, -0.2) is 0 Å². The van der Waals surface area contributed by atoms with Crippen molar-refractivity contribution in [3.8, 4) is 0 Å². The van der Waals surface area contributed by atoms with Crippen LogP contribution < -0.4 is 10.6 Å². The fourth-order valence-electron chi connectivity index (χ4n) is 3.34. The molecule has 6 heteroatoms. The van der Waals surface area contributed by atoms with Crippen LogP contribution in [0.15, 0.2) is 12.1 Å². The van der Waals surface area contributed by atoms with Gasteiger partial charge in [0.05, 0.1) is 16.1 Å². The highest BCUT2D eigenvalue weighted by atomic mass is 35.5. The monoisotopic (exact) mass is 362 g/mol. The Morgan fingerprint density at radius 2 is 2.14 bits per heavy atom. The van der Waals surface area contributed by atoms with E-state index in [0.29, 0.717) is 22.4 Å². The predicted octanol–water partition coefficient (Wildman–Crippen LogP) is 3.91. The normalized spacial score (nSPS) is 23.0. The van der Waals surface area contributed by atoms with Gasteiger partial charge < -0.3 is 10.6 Å². The Kier molecular flexibility index (Phi) is 6.39. The lowest BCUT2D eigenvalue weighted by atomic mass is 10.0. The molecular formula is C16H21Cl3N2O. The van der Waals surface area contributed by atoms with Gasteiger partial charge in [0.2, 0.25) is 5.91 Å². The largest absolute Gasteiger partial charge is 0.349 e. The summed E-state index contributed by atoms with van der Waals surface area (Å²) in [6.07, 6.45) is 4.56. The van der Waals surface area contributed by atoms with Crippen molar-refractivity contribution in [1.29, 1.82) is 0 Å². The van der Waals surface area contributed by atoms with E-state index in [1.807, 2.05) is 12.1 Å². The molecule has 2 unspecified atom stereocenters. The topological polar surface area (TPSA) is 41.1 Å². The molecule has 0 aromatic heterocycles. The third-order valence-corrected chi connectivity index (χ3v) is 5.41. The van der Waals surface area contributed by atoms with Crippen LogP contribution in [0.5, 0.6) is 0 Å². The number of rotatable bonds is 4. The molecule has 1 aliphatic carbocycles.